The summed E-state index contributed by atoms with van der Waals surface area (Å²) >= 11 is 0. The molecular weight excluding hydrogens is 280 g/mol. The van der Waals surface area contributed by atoms with Gasteiger partial charge in [-0.05, 0) is 31.7 Å². The van der Waals surface area contributed by atoms with Gasteiger partial charge in [-0.25, -0.2) is 0 Å². The average molecular weight is 304 g/mol. The number of esters is 2. The van der Waals surface area contributed by atoms with Crippen molar-refractivity contribution in [1.82, 2.24) is 0 Å². The molecule has 0 aliphatic heterocycles. The summed E-state index contributed by atoms with van der Waals surface area (Å²) < 4.78 is 10.9. The Kier molecular flexibility index (Phi) is 5.22. The van der Waals surface area contributed by atoms with Crippen molar-refractivity contribution in [2.75, 3.05) is 6.61 Å². The van der Waals surface area contributed by atoms with E-state index in [1.807, 2.05) is 37.3 Å². The van der Waals surface area contributed by atoms with Crippen molar-refractivity contribution in [2.24, 2.45) is 5.41 Å². The lowest BCUT2D eigenvalue weighted by molar-refractivity contribution is -0.171. The number of rotatable bonds is 5. The standard InChI is InChI=1S/C18H24O4/c1-4-21-17(20)18(12-8-11-16(18)22-14(3)19)13(2)15-9-6-5-7-10-15/h5-7,9-10,13,16H,4,8,11-12H2,1-3H3. The Morgan fingerprint density at radius 2 is 2.00 bits per heavy atom. The molecule has 0 N–H and O–H groups in total. The quantitative estimate of drug-likeness (QED) is 0.782. The van der Waals surface area contributed by atoms with Gasteiger partial charge in [-0.3, -0.25) is 9.59 Å². The molecule has 1 aromatic carbocycles. The summed E-state index contributed by atoms with van der Waals surface area (Å²) in [6.07, 6.45) is 1.82. The Morgan fingerprint density at radius 3 is 2.59 bits per heavy atom. The zero-order valence-electron chi connectivity index (χ0n) is 13.5. The molecule has 0 radical (unpaired) electrons. The smallest absolute Gasteiger partial charge is 0.316 e. The molecule has 4 nitrogen and oxygen atoms in total. The van der Waals surface area contributed by atoms with Crippen molar-refractivity contribution in [3.05, 3.63) is 35.9 Å². The molecule has 3 unspecified atom stereocenters. The van der Waals surface area contributed by atoms with Crippen LogP contribution in [0.1, 0.15) is 51.5 Å². The summed E-state index contributed by atoms with van der Waals surface area (Å²) in [5.74, 6) is -0.671. The van der Waals surface area contributed by atoms with Crippen molar-refractivity contribution in [3.63, 3.8) is 0 Å². The SMILES string of the molecule is CCOC(=O)C1(C(C)c2ccccc2)CCCC1OC(C)=O. The first-order chi connectivity index (χ1) is 10.5. The first-order valence-electron chi connectivity index (χ1n) is 7.91. The van der Waals surface area contributed by atoms with E-state index >= 15 is 0 Å². The Labute approximate surface area is 131 Å². The topological polar surface area (TPSA) is 52.6 Å². The molecule has 2 rings (SSSR count). The fourth-order valence-corrected chi connectivity index (χ4v) is 3.57. The molecule has 22 heavy (non-hydrogen) atoms. The van der Waals surface area contributed by atoms with Crippen molar-refractivity contribution in [2.45, 2.75) is 52.1 Å². The van der Waals surface area contributed by atoms with E-state index in [0.29, 0.717) is 19.4 Å². The van der Waals surface area contributed by atoms with Crippen LogP contribution in [0.5, 0.6) is 0 Å². The number of hydrogen-bond donors (Lipinski definition) is 0. The van der Waals surface area contributed by atoms with Gasteiger partial charge >= 0.3 is 11.9 Å². The predicted octanol–water partition coefficient (Wildman–Crippen LogP) is 3.46. The maximum absolute atomic E-state index is 12.8. The molecule has 0 bridgehead atoms. The molecule has 0 saturated heterocycles. The van der Waals surface area contributed by atoms with Crippen molar-refractivity contribution >= 4 is 11.9 Å². The monoisotopic (exact) mass is 304 g/mol. The van der Waals surface area contributed by atoms with Gasteiger partial charge in [0.15, 0.2) is 0 Å². The second kappa shape index (κ2) is 6.95. The second-order valence-corrected chi connectivity index (χ2v) is 5.88. The summed E-state index contributed by atoms with van der Waals surface area (Å²) in [5.41, 5.74) is 0.276. The highest BCUT2D eigenvalue weighted by atomic mass is 16.6. The molecule has 0 heterocycles. The Morgan fingerprint density at radius 1 is 1.32 bits per heavy atom. The number of benzene rings is 1. The summed E-state index contributed by atoms with van der Waals surface area (Å²) in [6.45, 7) is 5.54. The fraction of sp³-hybridized carbons (Fsp3) is 0.556. The third kappa shape index (κ3) is 3.01. The van der Waals surface area contributed by atoms with Crippen LogP contribution >= 0.6 is 0 Å². The van der Waals surface area contributed by atoms with E-state index in [9.17, 15) is 9.59 Å². The van der Waals surface area contributed by atoms with Gasteiger partial charge in [-0.1, -0.05) is 37.3 Å². The van der Waals surface area contributed by atoms with Gasteiger partial charge in [-0.2, -0.15) is 0 Å². The molecule has 1 aromatic rings. The van der Waals surface area contributed by atoms with Gasteiger partial charge in [0.1, 0.15) is 11.5 Å². The van der Waals surface area contributed by atoms with Gasteiger partial charge in [0, 0.05) is 12.8 Å². The van der Waals surface area contributed by atoms with E-state index in [0.717, 1.165) is 12.0 Å². The van der Waals surface area contributed by atoms with E-state index in [2.05, 4.69) is 0 Å². The molecule has 120 valence electrons. The highest BCUT2D eigenvalue weighted by molar-refractivity contribution is 5.80. The summed E-state index contributed by atoms with van der Waals surface area (Å²) in [7, 11) is 0. The average Bonchev–Trinajstić information content (AvgIpc) is 2.91. The summed E-state index contributed by atoms with van der Waals surface area (Å²) in [4.78, 5) is 24.2. The number of carbonyl (C=O) groups is 2. The zero-order chi connectivity index (χ0) is 16.2. The number of hydrogen-bond acceptors (Lipinski definition) is 4. The molecule has 1 aliphatic carbocycles. The largest absolute Gasteiger partial charge is 0.465 e. The first-order valence-corrected chi connectivity index (χ1v) is 7.91. The number of ether oxygens (including phenoxy) is 2. The van der Waals surface area contributed by atoms with Crippen LogP contribution in [0.3, 0.4) is 0 Å². The van der Waals surface area contributed by atoms with Gasteiger partial charge < -0.3 is 9.47 Å². The van der Waals surface area contributed by atoms with Crippen LogP contribution in [-0.4, -0.2) is 24.6 Å². The highest BCUT2D eigenvalue weighted by Gasteiger charge is 2.56. The van der Waals surface area contributed by atoms with E-state index < -0.39 is 11.5 Å². The molecule has 0 amide bonds. The van der Waals surface area contributed by atoms with Crippen LogP contribution < -0.4 is 0 Å². The van der Waals surface area contributed by atoms with Crippen molar-refractivity contribution in [1.29, 1.82) is 0 Å². The fourth-order valence-electron chi connectivity index (χ4n) is 3.57. The van der Waals surface area contributed by atoms with Crippen molar-refractivity contribution in [3.8, 4) is 0 Å². The number of carbonyl (C=O) groups excluding carboxylic acids is 2. The van der Waals surface area contributed by atoms with E-state index in [4.69, 9.17) is 9.47 Å². The lowest BCUT2D eigenvalue weighted by Gasteiger charge is -2.37. The van der Waals surface area contributed by atoms with Crippen LogP contribution in [0.2, 0.25) is 0 Å². The Hall–Kier alpha value is -1.84. The molecule has 1 saturated carbocycles. The lowest BCUT2D eigenvalue weighted by atomic mass is 9.70. The maximum Gasteiger partial charge on any atom is 0.316 e. The van der Waals surface area contributed by atoms with Crippen LogP contribution in [0.25, 0.3) is 0 Å². The molecule has 1 aliphatic rings. The van der Waals surface area contributed by atoms with Gasteiger partial charge in [0.25, 0.3) is 0 Å². The van der Waals surface area contributed by atoms with Gasteiger partial charge in [-0.15, -0.1) is 0 Å². The first kappa shape index (κ1) is 16.5. The molecule has 0 aromatic heterocycles. The van der Waals surface area contributed by atoms with Crippen LogP contribution in [-0.2, 0) is 19.1 Å². The minimum absolute atomic E-state index is 0.0698. The lowest BCUT2D eigenvalue weighted by Crippen LogP contribution is -2.45. The third-order valence-electron chi connectivity index (χ3n) is 4.67. The zero-order valence-corrected chi connectivity index (χ0v) is 13.5. The molecule has 1 fully saturated rings. The van der Waals surface area contributed by atoms with Crippen LogP contribution in [0, 0.1) is 5.41 Å². The predicted molar refractivity (Wildman–Crippen MR) is 83.3 cm³/mol. The van der Waals surface area contributed by atoms with Gasteiger partial charge in [0.2, 0.25) is 0 Å². The van der Waals surface area contributed by atoms with Gasteiger partial charge in [0.05, 0.1) is 6.61 Å². The summed E-state index contributed by atoms with van der Waals surface area (Å²) in [5, 5.41) is 0. The second-order valence-electron chi connectivity index (χ2n) is 5.88. The third-order valence-corrected chi connectivity index (χ3v) is 4.67. The Bertz CT molecular complexity index is 525. The highest BCUT2D eigenvalue weighted by Crippen LogP contribution is 2.51. The minimum Gasteiger partial charge on any atom is -0.465 e. The molecular formula is C18H24O4. The molecule has 0 spiro atoms. The van der Waals surface area contributed by atoms with E-state index in [1.165, 1.54) is 6.92 Å². The maximum atomic E-state index is 12.8. The Balaban J connectivity index is 2.41. The van der Waals surface area contributed by atoms with E-state index in [-0.39, 0.29) is 17.9 Å². The van der Waals surface area contributed by atoms with Crippen LogP contribution in [0.15, 0.2) is 30.3 Å². The molecule has 3 atom stereocenters. The molecule has 4 heteroatoms. The van der Waals surface area contributed by atoms with Crippen molar-refractivity contribution < 1.29 is 19.1 Å². The minimum atomic E-state index is -0.789. The summed E-state index contributed by atoms with van der Waals surface area (Å²) in [6, 6.07) is 9.88. The van der Waals surface area contributed by atoms with E-state index in [1.54, 1.807) is 6.92 Å². The normalized spacial score (nSPS) is 25.5. The van der Waals surface area contributed by atoms with Crippen LogP contribution in [0.4, 0.5) is 0 Å².